The smallest absolute Gasteiger partial charge is 0.338 e. The van der Waals surface area contributed by atoms with Crippen molar-refractivity contribution >= 4 is 34.9 Å². The van der Waals surface area contributed by atoms with Crippen molar-refractivity contribution in [1.29, 1.82) is 0 Å². The fraction of sp³-hybridized carbons (Fsp3) is 0.0588. The van der Waals surface area contributed by atoms with Crippen molar-refractivity contribution in [2.75, 3.05) is 0 Å². The molecule has 0 fully saturated rings. The molecule has 2 aromatic carbocycles. The molecule has 0 aliphatic heterocycles. The van der Waals surface area contributed by atoms with Gasteiger partial charge in [0.1, 0.15) is 5.02 Å². The second-order valence-electron chi connectivity index (χ2n) is 5.12. The van der Waals surface area contributed by atoms with Crippen LogP contribution >= 0.6 is 23.2 Å². The van der Waals surface area contributed by atoms with E-state index in [-0.39, 0.29) is 28.8 Å². The second kappa shape index (κ2) is 7.55. The molecule has 1 aromatic heterocycles. The third kappa shape index (κ3) is 4.01. The Kier molecular flexibility index (Phi) is 5.20. The first-order chi connectivity index (χ1) is 12.4. The van der Waals surface area contributed by atoms with E-state index >= 15 is 0 Å². The molecule has 7 nitrogen and oxygen atoms in total. The number of halogens is 2. The summed E-state index contributed by atoms with van der Waals surface area (Å²) in [6.07, 6.45) is 1.50. The summed E-state index contributed by atoms with van der Waals surface area (Å²) in [6.45, 7) is -0.219. The fourth-order valence-corrected chi connectivity index (χ4v) is 2.43. The summed E-state index contributed by atoms with van der Waals surface area (Å²) in [7, 11) is 0. The highest BCUT2D eigenvalue weighted by Gasteiger charge is 2.18. The van der Waals surface area contributed by atoms with Crippen LogP contribution in [-0.2, 0) is 11.3 Å². The van der Waals surface area contributed by atoms with E-state index in [1.54, 1.807) is 24.3 Å². The van der Waals surface area contributed by atoms with E-state index < -0.39 is 10.9 Å². The molecule has 0 unspecified atom stereocenters. The van der Waals surface area contributed by atoms with Gasteiger partial charge in [-0.1, -0.05) is 23.2 Å². The zero-order chi connectivity index (χ0) is 18.7. The summed E-state index contributed by atoms with van der Waals surface area (Å²) in [6, 6.07) is 10.6. The first kappa shape index (κ1) is 17.9. The lowest BCUT2D eigenvalue weighted by Crippen LogP contribution is -2.06. The van der Waals surface area contributed by atoms with Gasteiger partial charge in [-0.3, -0.25) is 10.1 Å². The van der Waals surface area contributed by atoms with Crippen LogP contribution in [0.5, 0.6) is 0 Å². The van der Waals surface area contributed by atoms with E-state index in [0.717, 1.165) is 11.6 Å². The number of aromatic nitrogens is 1. The van der Waals surface area contributed by atoms with E-state index in [1.807, 2.05) is 0 Å². The highest BCUT2D eigenvalue weighted by Crippen LogP contribution is 2.26. The third-order valence-corrected chi connectivity index (χ3v) is 3.96. The maximum absolute atomic E-state index is 12.0. The van der Waals surface area contributed by atoms with Gasteiger partial charge >= 0.3 is 5.97 Å². The molecule has 0 aliphatic carbocycles. The van der Waals surface area contributed by atoms with Gasteiger partial charge in [-0.2, -0.15) is 0 Å². The quantitative estimate of drug-likeness (QED) is 0.347. The number of hydrogen-bond donors (Lipinski definition) is 0. The number of nitro benzene ring substituents is 1. The average molecular weight is 393 g/mol. The number of carbonyl (C=O) groups is 1. The van der Waals surface area contributed by atoms with E-state index in [1.165, 1.54) is 18.3 Å². The average Bonchev–Trinajstić information content (AvgIpc) is 3.09. The van der Waals surface area contributed by atoms with Crippen LogP contribution in [-0.4, -0.2) is 15.9 Å². The Morgan fingerprint density at radius 3 is 2.62 bits per heavy atom. The number of hydrogen-bond acceptors (Lipinski definition) is 6. The largest absolute Gasteiger partial charge is 0.452 e. The van der Waals surface area contributed by atoms with Crippen molar-refractivity contribution in [2.45, 2.75) is 6.61 Å². The monoisotopic (exact) mass is 392 g/mol. The number of benzene rings is 2. The highest BCUT2D eigenvalue weighted by atomic mass is 35.5. The molecule has 0 bridgehead atoms. The van der Waals surface area contributed by atoms with Crippen molar-refractivity contribution in [3.8, 4) is 11.3 Å². The van der Waals surface area contributed by atoms with Gasteiger partial charge in [0.25, 0.3) is 5.69 Å². The zero-order valence-electron chi connectivity index (χ0n) is 13.0. The Morgan fingerprint density at radius 1 is 1.19 bits per heavy atom. The standard InChI is InChI=1S/C17H10Cl2N2O5/c18-12-4-1-10(2-5-12)15-8-20-16(26-15)9-25-17(22)11-3-6-13(19)14(7-11)21(23)24/h1-8H,9H2. The Morgan fingerprint density at radius 2 is 1.92 bits per heavy atom. The van der Waals surface area contributed by atoms with Gasteiger partial charge in [-0.05, 0) is 36.4 Å². The Balaban J connectivity index is 1.68. The van der Waals surface area contributed by atoms with Gasteiger partial charge in [0.2, 0.25) is 5.89 Å². The molecule has 3 rings (SSSR count). The molecule has 0 saturated heterocycles. The molecule has 1 heterocycles. The molecular weight excluding hydrogens is 383 g/mol. The van der Waals surface area contributed by atoms with Crippen molar-refractivity contribution in [1.82, 2.24) is 4.98 Å². The van der Waals surface area contributed by atoms with Gasteiger partial charge < -0.3 is 9.15 Å². The number of rotatable bonds is 5. The number of oxazole rings is 1. The number of ether oxygens (including phenoxy) is 1. The molecule has 26 heavy (non-hydrogen) atoms. The first-order valence-electron chi connectivity index (χ1n) is 7.26. The predicted octanol–water partition coefficient (Wildman–Crippen LogP) is 4.91. The minimum absolute atomic E-state index is 0.00517. The Hall–Kier alpha value is -2.90. The minimum Gasteiger partial charge on any atom is -0.452 e. The van der Waals surface area contributed by atoms with E-state index in [4.69, 9.17) is 32.4 Å². The van der Waals surface area contributed by atoms with Crippen LogP contribution in [0.15, 0.2) is 53.1 Å². The van der Waals surface area contributed by atoms with Gasteiger partial charge in [0.15, 0.2) is 12.4 Å². The molecule has 3 aromatic rings. The third-order valence-electron chi connectivity index (χ3n) is 3.39. The summed E-state index contributed by atoms with van der Waals surface area (Å²) in [5, 5.41) is 11.4. The Labute approximate surface area is 157 Å². The summed E-state index contributed by atoms with van der Waals surface area (Å²) in [5.41, 5.74) is 0.403. The molecule has 0 aliphatic rings. The zero-order valence-corrected chi connectivity index (χ0v) is 14.5. The summed E-state index contributed by atoms with van der Waals surface area (Å²) >= 11 is 11.5. The van der Waals surface area contributed by atoms with Crippen LogP contribution < -0.4 is 0 Å². The van der Waals surface area contributed by atoms with Crippen LogP contribution in [0.4, 0.5) is 5.69 Å². The SMILES string of the molecule is O=C(OCc1ncc(-c2ccc(Cl)cc2)o1)c1ccc(Cl)c([N+](=O)[O-])c1. The van der Waals surface area contributed by atoms with Gasteiger partial charge in [-0.15, -0.1) is 0 Å². The van der Waals surface area contributed by atoms with Crippen molar-refractivity contribution in [2.24, 2.45) is 0 Å². The highest BCUT2D eigenvalue weighted by molar-refractivity contribution is 6.32. The maximum Gasteiger partial charge on any atom is 0.338 e. The van der Waals surface area contributed by atoms with Crippen LogP contribution in [0.3, 0.4) is 0 Å². The van der Waals surface area contributed by atoms with E-state index in [9.17, 15) is 14.9 Å². The molecule has 9 heteroatoms. The predicted molar refractivity (Wildman–Crippen MR) is 94.2 cm³/mol. The van der Waals surface area contributed by atoms with Crippen molar-refractivity contribution in [3.05, 3.63) is 80.3 Å². The lowest BCUT2D eigenvalue weighted by molar-refractivity contribution is -0.384. The normalized spacial score (nSPS) is 10.5. The molecule has 0 amide bonds. The van der Waals surface area contributed by atoms with Gasteiger partial charge in [-0.25, -0.2) is 9.78 Å². The number of esters is 1. The van der Waals surface area contributed by atoms with E-state index in [0.29, 0.717) is 10.8 Å². The Bertz CT molecular complexity index is 970. The lowest BCUT2D eigenvalue weighted by Gasteiger charge is -2.03. The summed E-state index contributed by atoms with van der Waals surface area (Å²) < 4.78 is 10.6. The molecule has 0 N–H and O–H groups in total. The van der Waals surface area contributed by atoms with Crippen LogP contribution in [0.2, 0.25) is 10.0 Å². The molecular formula is C17H10Cl2N2O5. The van der Waals surface area contributed by atoms with Crippen molar-refractivity contribution in [3.63, 3.8) is 0 Å². The number of carbonyl (C=O) groups excluding carboxylic acids is 1. The van der Waals surface area contributed by atoms with Crippen LogP contribution in [0, 0.1) is 10.1 Å². The number of nitrogens with zero attached hydrogens (tertiary/aromatic N) is 2. The van der Waals surface area contributed by atoms with Gasteiger partial charge in [0.05, 0.1) is 16.7 Å². The van der Waals surface area contributed by atoms with Crippen molar-refractivity contribution < 1.29 is 18.9 Å². The van der Waals surface area contributed by atoms with Crippen LogP contribution in [0.1, 0.15) is 16.2 Å². The lowest BCUT2D eigenvalue weighted by atomic mass is 10.2. The van der Waals surface area contributed by atoms with Gasteiger partial charge in [0, 0.05) is 16.7 Å². The molecule has 0 atom stereocenters. The maximum atomic E-state index is 12.0. The molecule has 132 valence electrons. The topological polar surface area (TPSA) is 95.5 Å². The van der Waals surface area contributed by atoms with Crippen LogP contribution in [0.25, 0.3) is 11.3 Å². The van der Waals surface area contributed by atoms with E-state index in [2.05, 4.69) is 4.98 Å². The summed E-state index contributed by atoms with van der Waals surface area (Å²) in [4.78, 5) is 26.3. The minimum atomic E-state index is -0.754. The molecule has 0 spiro atoms. The molecule has 0 saturated carbocycles. The molecule has 0 radical (unpaired) electrons. The number of nitro groups is 1. The second-order valence-corrected chi connectivity index (χ2v) is 5.97. The summed E-state index contributed by atoms with van der Waals surface area (Å²) in [5.74, 6) is -0.0716. The fourth-order valence-electron chi connectivity index (χ4n) is 2.11. The first-order valence-corrected chi connectivity index (χ1v) is 8.01.